The maximum Gasteiger partial charge on any atom is 0.264 e. The average Bonchev–Trinajstić information content (AvgIpc) is 2.13. The fourth-order valence-electron chi connectivity index (χ4n) is 1.11. The van der Waals surface area contributed by atoms with E-state index in [1.165, 1.54) is 0 Å². The fraction of sp³-hybridized carbons (Fsp3) is 0.444. The van der Waals surface area contributed by atoms with Crippen molar-refractivity contribution in [2.24, 2.45) is 0 Å². The number of hydrogen-bond acceptors (Lipinski definition) is 1. The normalized spacial score (nSPS) is 10.5. The van der Waals surface area contributed by atoms with E-state index < -0.39 is 0 Å². The molecule has 78 valence electrons. The summed E-state index contributed by atoms with van der Waals surface area (Å²) < 4.78 is 3.16. The lowest BCUT2D eigenvalue weighted by molar-refractivity contribution is 0.611. The Hall–Kier alpha value is 0.200. The molecular formula is C9H10Br2ClNO. The second-order valence-corrected chi connectivity index (χ2v) is 5.05. The van der Waals surface area contributed by atoms with E-state index in [1.54, 1.807) is 16.8 Å². The minimum atomic E-state index is 0.00257. The highest BCUT2D eigenvalue weighted by Gasteiger charge is 2.02. The molecule has 1 rings (SSSR count). The molecular weight excluding hydrogens is 333 g/mol. The molecule has 1 aromatic heterocycles. The van der Waals surface area contributed by atoms with Gasteiger partial charge < -0.3 is 4.57 Å². The lowest BCUT2D eigenvalue weighted by Crippen LogP contribution is -2.20. The van der Waals surface area contributed by atoms with Crippen LogP contribution in [0.2, 0.25) is 0 Å². The van der Waals surface area contributed by atoms with Gasteiger partial charge in [-0.05, 0) is 50.8 Å². The van der Waals surface area contributed by atoms with Crippen molar-refractivity contribution in [1.82, 2.24) is 4.57 Å². The first-order valence-electron chi connectivity index (χ1n) is 4.26. The van der Waals surface area contributed by atoms with E-state index in [1.807, 2.05) is 0 Å². The second-order valence-electron chi connectivity index (χ2n) is 2.90. The Bertz CT molecular complexity index is 364. The van der Waals surface area contributed by atoms with Crippen LogP contribution in [0.15, 0.2) is 26.0 Å². The molecule has 5 heteroatoms. The van der Waals surface area contributed by atoms with E-state index >= 15 is 0 Å². The quantitative estimate of drug-likeness (QED) is 0.607. The van der Waals surface area contributed by atoms with Crippen molar-refractivity contribution in [3.63, 3.8) is 0 Å². The van der Waals surface area contributed by atoms with Gasteiger partial charge in [0.15, 0.2) is 0 Å². The highest BCUT2D eigenvalue weighted by Crippen LogP contribution is 2.13. The van der Waals surface area contributed by atoms with Gasteiger partial charge in [-0.15, -0.1) is 11.6 Å². The molecule has 0 spiro atoms. The average molecular weight is 343 g/mol. The van der Waals surface area contributed by atoms with E-state index in [0.717, 1.165) is 17.3 Å². The van der Waals surface area contributed by atoms with Crippen molar-refractivity contribution in [3.05, 3.63) is 31.6 Å². The Morgan fingerprint density at radius 2 is 2.07 bits per heavy atom. The first-order valence-corrected chi connectivity index (χ1v) is 6.38. The molecule has 0 amide bonds. The number of pyridine rings is 1. The van der Waals surface area contributed by atoms with Crippen LogP contribution in [0.5, 0.6) is 0 Å². The molecule has 0 N–H and O–H groups in total. The molecule has 1 aromatic rings. The second kappa shape index (κ2) is 5.93. The summed E-state index contributed by atoms with van der Waals surface area (Å²) in [5.41, 5.74) is 0.00257. The number of aryl methyl sites for hydroxylation is 1. The number of unbranched alkanes of at least 4 members (excludes halogenated alkanes) is 1. The zero-order valence-corrected chi connectivity index (χ0v) is 11.4. The SMILES string of the molecule is O=c1c(Br)cc(Br)cn1CCCCCl. The molecule has 0 saturated heterocycles. The summed E-state index contributed by atoms with van der Waals surface area (Å²) >= 11 is 12.1. The monoisotopic (exact) mass is 341 g/mol. The van der Waals surface area contributed by atoms with Crippen molar-refractivity contribution in [2.45, 2.75) is 19.4 Å². The Morgan fingerprint density at radius 1 is 1.36 bits per heavy atom. The third-order valence-corrected chi connectivity index (χ3v) is 3.06. The predicted molar refractivity (Wildman–Crippen MR) is 66.1 cm³/mol. The van der Waals surface area contributed by atoms with E-state index in [0.29, 0.717) is 16.9 Å². The molecule has 0 aliphatic heterocycles. The summed E-state index contributed by atoms with van der Waals surface area (Å²) in [5.74, 6) is 0.643. The smallest absolute Gasteiger partial charge is 0.264 e. The van der Waals surface area contributed by atoms with Crippen molar-refractivity contribution in [1.29, 1.82) is 0 Å². The molecule has 0 aliphatic rings. The van der Waals surface area contributed by atoms with E-state index in [4.69, 9.17) is 11.6 Å². The van der Waals surface area contributed by atoms with Gasteiger partial charge in [-0.25, -0.2) is 0 Å². The van der Waals surface area contributed by atoms with Crippen LogP contribution in [-0.2, 0) is 6.54 Å². The maximum atomic E-state index is 11.6. The summed E-state index contributed by atoms with van der Waals surface area (Å²) in [6, 6.07) is 1.75. The Morgan fingerprint density at radius 3 is 2.71 bits per heavy atom. The molecule has 0 saturated carbocycles. The van der Waals surface area contributed by atoms with Crippen LogP contribution < -0.4 is 5.56 Å². The summed E-state index contributed by atoms with van der Waals surface area (Å²) in [6.45, 7) is 0.712. The molecule has 1 heterocycles. The van der Waals surface area contributed by atoms with Crippen LogP contribution in [-0.4, -0.2) is 10.4 Å². The lowest BCUT2D eigenvalue weighted by Gasteiger charge is -2.05. The van der Waals surface area contributed by atoms with Crippen LogP contribution in [0, 0.1) is 0 Å². The summed E-state index contributed by atoms with van der Waals surface area (Å²) in [5, 5.41) is 0. The first kappa shape index (κ1) is 12.3. The third kappa shape index (κ3) is 3.41. The van der Waals surface area contributed by atoms with Crippen molar-refractivity contribution in [3.8, 4) is 0 Å². The number of hydrogen-bond donors (Lipinski definition) is 0. The third-order valence-electron chi connectivity index (χ3n) is 1.79. The van der Waals surface area contributed by atoms with Crippen molar-refractivity contribution < 1.29 is 0 Å². The van der Waals surface area contributed by atoms with Gasteiger partial charge in [0.25, 0.3) is 5.56 Å². The molecule has 0 bridgehead atoms. The van der Waals surface area contributed by atoms with Gasteiger partial charge in [0.1, 0.15) is 0 Å². The van der Waals surface area contributed by atoms with Gasteiger partial charge in [0.05, 0.1) is 4.47 Å². The highest BCUT2D eigenvalue weighted by molar-refractivity contribution is 9.11. The van der Waals surface area contributed by atoms with Gasteiger partial charge in [-0.2, -0.15) is 0 Å². The van der Waals surface area contributed by atoms with Crippen LogP contribution in [0.25, 0.3) is 0 Å². The zero-order chi connectivity index (χ0) is 10.6. The Labute approximate surface area is 105 Å². The standard InChI is InChI=1S/C9H10Br2ClNO/c10-7-5-8(11)9(14)13(6-7)4-2-1-3-12/h5-6H,1-4H2. The van der Waals surface area contributed by atoms with Gasteiger partial charge in [0, 0.05) is 23.1 Å². The summed E-state index contributed by atoms with van der Waals surface area (Å²) in [6.07, 6.45) is 3.64. The lowest BCUT2D eigenvalue weighted by atomic mass is 10.3. The van der Waals surface area contributed by atoms with Crippen molar-refractivity contribution >= 4 is 43.5 Å². The minimum Gasteiger partial charge on any atom is -0.313 e. The Balaban J connectivity index is 2.81. The summed E-state index contributed by atoms with van der Waals surface area (Å²) in [7, 11) is 0. The number of halogens is 3. The van der Waals surface area contributed by atoms with Crippen LogP contribution in [0.3, 0.4) is 0 Å². The van der Waals surface area contributed by atoms with Crippen LogP contribution in [0.4, 0.5) is 0 Å². The number of nitrogens with zero attached hydrogens (tertiary/aromatic N) is 1. The Kier molecular flexibility index (Phi) is 5.20. The molecule has 14 heavy (non-hydrogen) atoms. The highest BCUT2D eigenvalue weighted by atomic mass is 79.9. The van der Waals surface area contributed by atoms with E-state index in [2.05, 4.69) is 31.9 Å². The number of alkyl halides is 1. The minimum absolute atomic E-state index is 0.00257. The molecule has 0 unspecified atom stereocenters. The topological polar surface area (TPSA) is 22.0 Å². The van der Waals surface area contributed by atoms with E-state index in [-0.39, 0.29) is 5.56 Å². The van der Waals surface area contributed by atoms with E-state index in [9.17, 15) is 4.79 Å². The molecule has 2 nitrogen and oxygen atoms in total. The van der Waals surface area contributed by atoms with Crippen LogP contribution >= 0.6 is 43.5 Å². The molecule has 0 radical (unpaired) electrons. The molecule has 0 aliphatic carbocycles. The van der Waals surface area contributed by atoms with Gasteiger partial charge in [0.2, 0.25) is 0 Å². The van der Waals surface area contributed by atoms with Crippen LogP contribution in [0.1, 0.15) is 12.8 Å². The van der Waals surface area contributed by atoms with Gasteiger partial charge in [-0.3, -0.25) is 4.79 Å². The molecule has 0 atom stereocenters. The summed E-state index contributed by atoms with van der Waals surface area (Å²) in [4.78, 5) is 11.6. The number of rotatable bonds is 4. The molecule has 0 aromatic carbocycles. The number of aromatic nitrogens is 1. The molecule has 0 fully saturated rings. The maximum absolute atomic E-state index is 11.6. The van der Waals surface area contributed by atoms with Gasteiger partial charge in [-0.1, -0.05) is 0 Å². The largest absolute Gasteiger partial charge is 0.313 e. The van der Waals surface area contributed by atoms with Gasteiger partial charge >= 0.3 is 0 Å². The first-order chi connectivity index (χ1) is 6.65. The predicted octanol–water partition coefficient (Wildman–Crippen LogP) is 3.39. The zero-order valence-electron chi connectivity index (χ0n) is 7.47. The van der Waals surface area contributed by atoms with Crippen molar-refractivity contribution in [2.75, 3.05) is 5.88 Å². The fourth-order valence-corrected chi connectivity index (χ4v) is 2.55.